The molecule has 80 valence electrons. The molecule has 0 saturated heterocycles. The Bertz CT molecular complexity index is 352. The van der Waals surface area contributed by atoms with E-state index in [0.717, 1.165) is 9.26 Å². The van der Waals surface area contributed by atoms with Crippen LogP contribution in [0.4, 0.5) is 5.69 Å². The van der Waals surface area contributed by atoms with E-state index in [1.165, 1.54) is 0 Å². The largest absolute Gasteiger partial charge is 0.325 e. The molecule has 1 amide bonds. The van der Waals surface area contributed by atoms with Gasteiger partial charge in [-0.1, -0.05) is 12.1 Å². The average Bonchev–Trinajstić information content (AvgIpc) is 2.18. The molecule has 2 N–H and O–H groups in total. The lowest BCUT2D eigenvalue weighted by Crippen LogP contribution is -2.28. The third kappa shape index (κ3) is 4.94. The van der Waals surface area contributed by atoms with Gasteiger partial charge < -0.3 is 10.6 Å². The number of anilines is 1. The Kier molecular flexibility index (Phi) is 5.34. The number of rotatable bonds is 5. The van der Waals surface area contributed by atoms with Crippen LogP contribution < -0.4 is 10.6 Å². The molecular weight excluding hydrogens is 303 g/mol. The van der Waals surface area contributed by atoms with Crippen molar-refractivity contribution >= 4 is 34.2 Å². The third-order valence-corrected chi connectivity index (χ3v) is 2.35. The van der Waals surface area contributed by atoms with Gasteiger partial charge in [0, 0.05) is 15.8 Å². The second-order valence-corrected chi connectivity index (χ2v) is 4.22. The Labute approximate surface area is 103 Å². The molecule has 0 aromatic heterocycles. The van der Waals surface area contributed by atoms with Crippen LogP contribution in [0.5, 0.6) is 0 Å². The summed E-state index contributed by atoms with van der Waals surface area (Å²) in [7, 11) is 0. The van der Waals surface area contributed by atoms with Crippen molar-refractivity contribution in [1.29, 1.82) is 0 Å². The molecule has 0 bridgehead atoms. The monoisotopic (exact) mass is 316 g/mol. The molecular formula is C11H13IN2O. The van der Waals surface area contributed by atoms with Gasteiger partial charge >= 0.3 is 0 Å². The Morgan fingerprint density at radius 3 is 3.00 bits per heavy atom. The fourth-order valence-electron chi connectivity index (χ4n) is 1.06. The minimum Gasteiger partial charge on any atom is -0.325 e. The maximum absolute atomic E-state index is 11.4. The van der Waals surface area contributed by atoms with Crippen molar-refractivity contribution in [3.8, 4) is 0 Å². The summed E-state index contributed by atoms with van der Waals surface area (Å²) in [5.74, 6) is -0.0427. The number of hydrogen-bond acceptors (Lipinski definition) is 2. The lowest BCUT2D eigenvalue weighted by atomic mass is 10.3. The van der Waals surface area contributed by atoms with Crippen molar-refractivity contribution < 1.29 is 4.79 Å². The van der Waals surface area contributed by atoms with E-state index >= 15 is 0 Å². The highest BCUT2D eigenvalue weighted by Crippen LogP contribution is 2.11. The Morgan fingerprint density at radius 1 is 1.53 bits per heavy atom. The zero-order valence-electron chi connectivity index (χ0n) is 8.29. The van der Waals surface area contributed by atoms with E-state index in [1.807, 2.05) is 24.3 Å². The molecule has 0 saturated carbocycles. The van der Waals surface area contributed by atoms with Crippen molar-refractivity contribution in [2.75, 3.05) is 18.4 Å². The zero-order valence-corrected chi connectivity index (χ0v) is 10.5. The molecule has 4 heteroatoms. The average molecular weight is 316 g/mol. The summed E-state index contributed by atoms with van der Waals surface area (Å²) in [5.41, 5.74) is 0.826. The first-order valence-electron chi connectivity index (χ1n) is 4.59. The van der Waals surface area contributed by atoms with E-state index in [-0.39, 0.29) is 5.91 Å². The Balaban J connectivity index is 2.40. The maximum atomic E-state index is 11.4. The van der Waals surface area contributed by atoms with Crippen LogP contribution in [0.1, 0.15) is 0 Å². The van der Waals surface area contributed by atoms with E-state index < -0.39 is 0 Å². The summed E-state index contributed by atoms with van der Waals surface area (Å²) in [6.07, 6.45) is 1.72. The SMILES string of the molecule is C=CCNCC(=O)Nc1cccc(I)c1. The summed E-state index contributed by atoms with van der Waals surface area (Å²) in [6, 6.07) is 7.68. The molecule has 1 aromatic carbocycles. The minimum atomic E-state index is -0.0427. The molecule has 1 rings (SSSR count). The van der Waals surface area contributed by atoms with Crippen LogP contribution in [0, 0.1) is 3.57 Å². The molecule has 3 nitrogen and oxygen atoms in total. The highest BCUT2D eigenvalue weighted by atomic mass is 127. The maximum Gasteiger partial charge on any atom is 0.238 e. The van der Waals surface area contributed by atoms with E-state index in [9.17, 15) is 4.79 Å². The van der Waals surface area contributed by atoms with Gasteiger partial charge in [0.05, 0.1) is 6.54 Å². The van der Waals surface area contributed by atoms with Gasteiger partial charge in [-0.15, -0.1) is 6.58 Å². The number of benzene rings is 1. The first kappa shape index (κ1) is 12.2. The molecule has 15 heavy (non-hydrogen) atoms. The van der Waals surface area contributed by atoms with Crippen molar-refractivity contribution in [2.24, 2.45) is 0 Å². The van der Waals surface area contributed by atoms with Gasteiger partial charge in [0.2, 0.25) is 5.91 Å². The molecule has 0 spiro atoms. The molecule has 0 aliphatic rings. The summed E-state index contributed by atoms with van der Waals surface area (Å²) in [6.45, 7) is 4.50. The number of nitrogens with one attached hydrogen (secondary N) is 2. The van der Waals surface area contributed by atoms with Crippen molar-refractivity contribution in [3.63, 3.8) is 0 Å². The molecule has 0 atom stereocenters. The van der Waals surface area contributed by atoms with E-state index in [2.05, 4.69) is 39.8 Å². The number of halogens is 1. The highest BCUT2D eigenvalue weighted by Gasteiger charge is 2.00. The zero-order chi connectivity index (χ0) is 11.1. The highest BCUT2D eigenvalue weighted by molar-refractivity contribution is 14.1. The second-order valence-electron chi connectivity index (χ2n) is 2.98. The first-order chi connectivity index (χ1) is 7.22. The summed E-state index contributed by atoms with van der Waals surface area (Å²) < 4.78 is 1.10. The molecule has 1 aromatic rings. The van der Waals surface area contributed by atoms with Gasteiger partial charge in [-0.2, -0.15) is 0 Å². The predicted octanol–water partition coefficient (Wildman–Crippen LogP) is 2.01. The summed E-state index contributed by atoms with van der Waals surface area (Å²) in [5, 5.41) is 5.74. The Hall–Kier alpha value is -0.880. The van der Waals surface area contributed by atoms with Gasteiger partial charge in [0.1, 0.15) is 0 Å². The fourth-order valence-corrected chi connectivity index (χ4v) is 1.60. The molecule has 0 aliphatic heterocycles. The quantitative estimate of drug-likeness (QED) is 0.496. The fraction of sp³-hybridized carbons (Fsp3) is 0.182. The topological polar surface area (TPSA) is 41.1 Å². The molecule has 0 heterocycles. The summed E-state index contributed by atoms with van der Waals surface area (Å²) in [4.78, 5) is 11.4. The predicted molar refractivity (Wildman–Crippen MR) is 70.9 cm³/mol. The lowest BCUT2D eigenvalue weighted by molar-refractivity contribution is -0.115. The molecule has 0 aliphatic carbocycles. The normalized spacial score (nSPS) is 9.67. The van der Waals surface area contributed by atoms with Crippen molar-refractivity contribution in [2.45, 2.75) is 0 Å². The molecule has 0 radical (unpaired) electrons. The van der Waals surface area contributed by atoms with Crippen LogP contribution >= 0.6 is 22.6 Å². The minimum absolute atomic E-state index is 0.0427. The number of hydrogen-bond donors (Lipinski definition) is 2. The smallest absolute Gasteiger partial charge is 0.238 e. The lowest BCUT2D eigenvalue weighted by Gasteiger charge is -2.05. The van der Waals surface area contributed by atoms with Crippen LogP contribution in [-0.2, 0) is 4.79 Å². The second kappa shape index (κ2) is 6.58. The van der Waals surface area contributed by atoms with Crippen LogP contribution in [0.3, 0.4) is 0 Å². The molecule has 0 unspecified atom stereocenters. The van der Waals surface area contributed by atoms with Crippen LogP contribution in [0.2, 0.25) is 0 Å². The van der Waals surface area contributed by atoms with Gasteiger partial charge in [0.25, 0.3) is 0 Å². The van der Waals surface area contributed by atoms with Crippen LogP contribution in [-0.4, -0.2) is 19.0 Å². The third-order valence-electron chi connectivity index (χ3n) is 1.68. The first-order valence-corrected chi connectivity index (χ1v) is 5.67. The van der Waals surface area contributed by atoms with Gasteiger partial charge in [0.15, 0.2) is 0 Å². The molecule has 0 fully saturated rings. The van der Waals surface area contributed by atoms with E-state index in [1.54, 1.807) is 6.08 Å². The number of amides is 1. The van der Waals surface area contributed by atoms with Gasteiger partial charge in [-0.05, 0) is 40.8 Å². The van der Waals surface area contributed by atoms with Crippen LogP contribution in [0.15, 0.2) is 36.9 Å². The van der Waals surface area contributed by atoms with E-state index in [4.69, 9.17) is 0 Å². The van der Waals surface area contributed by atoms with Gasteiger partial charge in [-0.3, -0.25) is 4.79 Å². The summed E-state index contributed by atoms with van der Waals surface area (Å²) >= 11 is 2.21. The van der Waals surface area contributed by atoms with E-state index in [0.29, 0.717) is 13.1 Å². The van der Waals surface area contributed by atoms with Crippen molar-refractivity contribution in [3.05, 3.63) is 40.5 Å². The van der Waals surface area contributed by atoms with Crippen molar-refractivity contribution in [1.82, 2.24) is 5.32 Å². The van der Waals surface area contributed by atoms with Crippen LogP contribution in [0.25, 0.3) is 0 Å². The number of carbonyl (C=O) groups is 1. The Morgan fingerprint density at radius 2 is 2.33 bits per heavy atom. The van der Waals surface area contributed by atoms with Gasteiger partial charge in [-0.25, -0.2) is 0 Å². The number of carbonyl (C=O) groups excluding carboxylic acids is 1. The standard InChI is InChI=1S/C11H13IN2O/c1-2-6-13-8-11(15)14-10-5-3-4-9(12)7-10/h2-5,7,13H,1,6,8H2,(H,14,15).